The number of fused-ring (bicyclic) bond motifs is 1. The van der Waals surface area contributed by atoms with Gasteiger partial charge in [0.25, 0.3) is 5.69 Å². The lowest BCUT2D eigenvalue weighted by Gasteiger charge is -2.04. The fraction of sp³-hybridized carbons (Fsp3) is 0. The molecule has 0 saturated heterocycles. The molecule has 21 heavy (non-hydrogen) atoms. The van der Waals surface area contributed by atoms with Gasteiger partial charge in [-0.15, -0.1) is 0 Å². The lowest BCUT2D eigenvalue weighted by atomic mass is 10.1. The van der Waals surface area contributed by atoms with E-state index in [-0.39, 0.29) is 33.8 Å². The van der Waals surface area contributed by atoms with E-state index in [9.17, 15) is 20.0 Å². The van der Waals surface area contributed by atoms with Crippen molar-refractivity contribution < 1.29 is 14.4 Å². The normalized spacial score (nSPS) is 10.7. The first kappa shape index (κ1) is 12.9. The molecule has 104 valence electrons. The molecule has 6 heteroatoms. The fourth-order valence-electron chi connectivity index (χ4n) is 2.12. The number of aromatic hydroxyl groups is 1. The molecule has 0 spiro atoms. The Labute approximate surface area is 118 Å². The third-order valence-electron chi connectivity index (χ3n) is 3.08. The Bertz CT molecular complexity index is 913. The van der Waals surface area contributed by atoms with E-state index in [0.29, 0.717) is 5.39 Å². The Morgan fingerprint density at radius 2 is 1.86 bits per heavy atom. The average molecular weight is 283 g/mol. The molecule has 1 aromatic heterocycles. The zero-order chi connectivity index (χ0) is 15.0. The van der Waals surface area contributed by atoms with Crippen LogP contribution in [0.5, 0.6) is 5.75 Å². The Morgan fingerprint density at radius 3 is 2.62 bits per heavy atom. The molecule has 0 aliphatic carbocycles. The number of rotatable bonds is 2. The van der Waals surface area contributed by atoms with Crippen molar-refractivity contribution in [2.45, 2.75) is 0 Å². The Morgan fingerprint density at radius 1 is 1.10 bits per heavy atom. The highest BCUT2D eigenvalue weighted by atomic mass is 16.6. The summed E-state index contributed by atoms with van der Waals surface area (Å²) in [5, 5.41) is 20.8. The Balaban J connectivity index is 2.31. The van der Waals surface area contributed by atoms with Crippen molar-refractivity contribution in [2.24, 2.45) is 0 Å². The molecule has 3 rings (SSSR count). The monoisotopic (exact) mass is 283 g/mol. The predicted molar refractivity (Wildman–Crippen MR) is 76.2 cm³/mol. The number of hydrogen-bond donors (Lipinski definition) is 1. The van der Waals surface area contributed by atoms with Crippen LogP contribution < -0.4 is 5.43 Å². The minimum absolute atomic E-state index is 0.0506. The van der Waals surface area contributed by atoms with Gasteiger partial charge in [0.15, 0.2) is 5.43 Å². The summed E-state index contributed by atoms with van der Waals surface area (Å²) < 4.78 is 5.54. The molecule has 0 aliphatic heterocycles. The molecule has 2 aromatic carbocycles. The van der Waals surface area contributed by atoms with E-state index in [4.69, 9.17) is 4.42 Å². The van der Waals surface area contributed by atoms with Gasteiger partial charge in [-0.2, -0.15) is 0 Å². The number of phenolic OH excluding ortho intramolecular Hbond substituents is 1. The predicted octanol–water partition coefficient (Wildman–Crippen LogP) is 3.07. The second-order valence-electron chi connectivity index (χ2n) is 4.43. The van der Waals surface area contributed by atoms with E-state index in [1.165, 1.54) is 42.5 Å². The molecule has 0 radical (unpaired) electrons. The Hall–Kier alpha value is -3.15. The van der Waals surface area contributed by atoms with Crippen LogP contribution in [0.15, 0.2) is 57.7 Å². The van der Waals surface area contributed by atoms with Gasteiger partial charge in [0, 0.05) is 18.2 Å². The highest BCUT2D eigenvalue weighted by Gasteiger charge is 2.17. The zero-order valence-electron chi connectivity index (χ0n) is 10.6. The van der Waals surface area contributed by atoms with Crippen molar-refractivity contribution in [3.05, 3.63) is 68.9 Å². The van der Waals surface area contributed by atoms with Gasteiger partial charge in [0.1, 0.15) is 17.1 Å². The number of phenols is 1. The van der Waals surface area contributed by atoms with Crippen molar-refractivity contribution >= 4 is 16.7 Å². The smallest absolute Gasteiger partial charge is 0.280 e. The summed E-state index contributed by atoms with van der Waals surface area (Å²) in [5.41, 5.74) is -0.0925. The molecule has 3 aromatic rings. The van der Waals surface area contributed by atoms with E-state index >= 15 is 0 Å². The van der Waals surface area contributed by atoms with Crippen LogP contribution in [0.1, 0.15) is 0 Å². The maximum Gasteiger partial charge on any atom is 0.280 e. The van der Waals surface area contributed by atoms with Crippen LogP contribution in [0, 0.1) is 10.1 Å². The molecular formula is C15H9NO5. The minimum Gasteiger partial charge on any atom is -0.508 e. The van der Waals surface area contributed by atoms with Crippen LogP contribution in [0.4, 0.5) is 5.69 Å². The summed E-state index contributed by atoms with van der Waals surface area (Å²) in [5.74, 6) is 0.0377. The molecule has 0 fully saturated rings. The van der Waals surface area contributed by atoms with Gasteiger partial charge < -0.3 is 9.52 Å². The van der Waals surface area contributed by atoms with Crippen molar-refractivity contribution in [3.63, 3.8) is 0 Å². The van der Waals surface area contributed by atoms with Gasteiger partial charge in [0.2, 0.25) is 0 Å². The highest BCUT2D eigenvalue weighted by molar-refractivity contribution is 5.81. The number of nitro groups is 1. The number of hydrogen-bond acceptors (Lipinski definition) is 5. The quantitative estimate of drug-likeness (QED) is 0.576. The van der Waals surface area contributed by atoms with E-state index in [1.807, 2.05) is 0 Å². The summed E-state index contributed by atoms with van der Waals surface area (Å²) >= 11 is 0. The largest absolute Gasteiger partial charge is 0.508 e. The summed E-state index contributed by atoms with van der Waals surface area (Å²) in [6, 6.07) is 11.3. The molecule has 6 nitrogen and oxygen atoms in total. The molecule has 0 bridgehead atoms. The second kappa shape index (κ2) is 4.75. The minimum atomic E-state index is -0.540. The molecule has 1 heterocycles. The van der Waals surface area contributed by atoms with Crippen molar-refractivity contribution in [1.82, 2.24) is 0 Å². The number of benzene rings is 2. The first-order valence-corrected chi connectivity index (χ1v) is 6.07. The Kier molecular flexibility index (Phi) is 2.91. The number of nitro benzene ring substituents is 1. The molecule has 0 saturated carbocycles. The summed E-state index contributed by atoms with van der Waals surface area (Å²) in [7, 11) is 0. The molecule has 0 aliphatic rings. The van der Waals surface area contributed by atoms with E-state index in [1.54, 1.807) is 6.07 Å². The van der Waals surface area contributed by atoms with Crippen molar-refractivity contribution in [3.8, 4) is 17.1 Å². The van der Waals surface area contributed by atoms with Gasteiger partial charge >= 0.3 is 0 Å². The zero-order valence-corrected chi connectivity index (χ0v) is 10.6. The maximum absolute atomic E-state index is 12.1. The SMILES string of the molecule is O=c1cc(-c2ccccc2[N+](=O)[O-])oc2cc(O)ccc12. The number of nitrogens with zero attached hydrogens (tertiary/aromatic N) is 1. The second-order valence-corrected chi connectivity index (χ2v) is 4.43. The first-order valence-electron chi connectivity index (χ1n) is 6.07. The third kappa shape index (κ3) is 2.23. The summed E-state index contributed by atoms with van der Waals surface area (Å²) in [4.78, 5) is 22.6. The third-order valence-corrected chi connectivity index (χ3v) is 3.08. The fourth-order valence-corrected chi connectivity index (χ4v) is 2.12. The summed E-state index contributed by atoms with van der Waals surface area (Å²) in [6.07, 6.45) is 0. The molecule has 0 unspecified atom stereocenters. The molecule has 0 amide bonds. The standard InChI is InChI=1S/C15H9NO5/c17-9-5-6-11-13(18)8-15(21-14(11)7-9)10-3-1-2-4-12(10)16(19)20/h1-8,17H. The topological polar surface area (TPSA) is 93.6 Å². The van der Waals surface area contributed by atoms with Crippen LogP contribution in [0.2, 0.25) is 0 Å². The van der Waals surface area contributed by atoms with Crippen LogP contribution in [0.3, 0.4) is 0 Å². The molecular weight excluding hydrogens is 274 g/mol. The maximum atomic E-state index is 12.1. The lowest BCUT2D eigenvalue weighted by molar-refractivity contribution is -0.384. The average Bonchev–Trinajstić information content (AvgIpc) is 2.46. The first-order chi connectivity index (χ1) is 10.1. The van der Waals surface area contributed by atoms with E-state index in [2.05, 4.69) is 0 Å². The van der Waals surface area contributed by atoms with Gasteiger partial charge in [-0.05, 0) is 18.2 Å². The lowest BCUT2D eigenvalue weighted by Crippen LogP contribution is -2.01. The molecule has 1 N–H and O–H groups in total. The van der Waals surface area contributed by atoms with Gasteiger partial charge in [-0.3, -0.25) is 14.9 Å². The number of para-hydroxylation sites is 1. The van der Waals surface area contributed by atoms with Crippen LogP contribution in [-0.2, 0) is 0 Å². The molecule has 0 atom stereocenters. The van der Waals surface area contributed by atoms with E-state index < -0.39 is 4.92 Å². The van der Waals surface area contributed by atoms with Crippen LogP contribution >= 0.6 is 0 Å². The van der Waals surface area contributed by atoms with Gasteiger partial charge in [-0.1, -0.05) is 12.1 Å². The van der Waals surface area contributed by atoms with Crippen LogP contribution in [-0.4, -0.2) is 10.0 Å². The van der Waals surface area contributed by atoms with E-state index in [0.717, 1.165) is 0 Å². The van der Waals surface area contributed by atoms with Gasteiger partial charge in [0.05, 0.1) is 15.9 Å². The van der Waals surface area contributed by atoms with Crippen LogP contribution in [0.25, 0.3) is 22.3 Å². The summed E-state index contributed by atoms with van der Waals surface area (Å²) in [6.45, 7) is 0. The highest BCUT2D eigenvalue weighted by Crippen LogP contribution is 2.30. The van der Waals surface area contributed by atoms with Gasteiger partial charge in [-0.25, -0.2) is 0 Å². The van der Waals surface area contributed by atoms with Crippen molar-refractivity contribution in [2.75, 3.05) is 0 Å². The van der Waals surface area contributed by atoms with Crippen molar-refractivity contribution in [1.29, 1.82) is 0 Å².